The van der Waals surface area contributed by atoms with Gasteiger partial charge in [0, 0.05) is 0 Å². The number of fused-ring (bicyclic) bond motifs is 1. The van der Waals surface area contributed by atoms with E-state index in [0.29, 0.717) is 5.39 Å². The highest BCUT2D eigenvalue weighted by Gasteiger charge is 2.30. The molecule has 2 aromatic rings. The van der Waals surface area contributed by atoms with Crippen LogP contribution >= 0.6 is 11.5 Å². The Balaban J connectivity index is 2.59. The lowest BCUT2D eigenvalue weighted by molar-refractivity contribution is -0.138. The number of carbonyl (C=O) groups is 1. The SMILES string of the molecule is CC(C)(C)C(CC(=O)O)n1sc2ccccc2c1=O. The van der Waals surface area contributed by atoms with Crippen molar-refractivity contribution >= 4 is 27.6 Å². The van der Waals surface area contributed by atoms with Crippen molar-refractivity contribution in [3.63, 3.8) is 0 Å². The molecule has 5 heteroatoms. The van der Waals surface area contributed by atoms with Gasteiger partial charge in [-0.1, -0.05) is 44.4 Å². The molecule has 0 fully saturated rings. The molecule has 1 aromatic carbocycles. The molecule has 0 radical (unpaired) electrons. The van der Waals surface area contributed by atoms with Crippen LogP contribution in [0.3, 0.4) is 0 Å². The van der Waals surface area contributed by atoms with E-state index >= 15 is 0 Å². The first-order valence-electron chi connectivity index (χ1n) is 6.13. The number of rotatable bonds is 3. The molecule has 2 rings (SSSR count). The molecule has 0 saturated heterocycles. The predicted molar refractivity (Wildman–Crippen MR) is 76.8 cm³/mol. The van der Waals surface area contributed by atoms with Crippen molar-refractivity contribution in [3.8, 4) is 0 Å². The first-order valence-corrected chi connectivity index (χ1v) is 6.90. The van der Waals surface area contributed by atoms with Gasteiger partial charge in [-0.25, -0.2) is 0 Å². The minimum Gasteiger partial charge on any atom is -0.481 e. The van der Waals surface area contributed by atoms with Crippen LogP contribution in [0, 0.1) is 5.41 Å². The van der Waals surface area contributed by atoms with Crippen molar-refractivity contribution in [3.05, 3.63) is 34.6 Å². The molecule has 0 bridgehead atoms. The average molecular weight is 279 g/mol. The number of carboxylic acid groups (broad SMARTS) is 1. The van der Waals surface area contributed by atoms with Gasteiger partial charge < -0.3 is 5.11 Å². The number of nitrogens with zero attached hydrogens (tertiary/aromatic N) is 1. The first kappa shape index (κ1) is 13.8. The molecule has 1 unspecified atom stereocenters. The minimum absolute atomic E-state index is 0.0454. The highest BCUT2D eigenvalue weighted by Crippen LogP contribution is 2.35. The molecule has 1 N–H and O–H groups in total. The van der Waals surface area contributed by atoms with Crippen molar-refractivity contribution < 1.29 is 9.90 Å². The zero-order valence-electron chi connectivity index (χ0n) is 11.2. The topological polar surface area (TPSA) is 59.3 Å². The van der Waals surface area contributed by atoms with E-state index in [9.17, 15) is 9.59 Å². The van der Waals surface area contributed by atoms with E-state index in [-0.39, 0.29) is 23.4 Å². The number of carboxylic acids is 1. The van der Waals surface area contributed by atoms with Crippen LogP contribution in [-0.2, 0) is 4.79 Å². The fraction of sp³-hybridized carbons (Fsp3) is 0.429. The monoisotopic (exact) mass is 279 g/mol. The maximum atomic E-state index is 12.4. The Morgan fingerprint density at radius 1 is 1.37 bits per heavy atom. The van der Waals surface area contributed by atoms with Crippen LogP contribution in [-0.4, -0.2) is 15.0 Å². The Morgan fingerprint density at radius 2 is 2.00 bits per heavy atom. The molecule has 0 amide bonds. The molecule has 19 heavy (non-hydrogen) atoms. The number of hydrogen-bond acceptors (Lipinski definition) is 3. The van der Waals surface area contributed by atoms with Crippen LogP contribution in [0.25, 0.3) is 10.1 Å². The van der Waals surface area contributed by atoms with Crippen LogP contribution in [0.4, 0.5) is 0 Å². The third kappa shape index (κ3) is 2.71. The van der Waals surface area contributed by atoms with Gasteiger partial charge in [-0.15, -0.1) is 0 Å². The number of aliphatic carboxylic acids is 1. The van der Waals surface area contributed by atoms with Gasteiger partial charge >= 0.3 is 5.97 Å². The Labute approximate surface area is 115 Å². The highest BCUT2D eigenvalue weighted by molar-refractivity contribution is 7.13. The summed E-state index contributed by atoms with van der Waals surface area (Å²) in [5.41, 5.74) is -0.384. The van der Waals surface area contributed by atoms with Crippen LogP contribution < -0.4 is 5.56 Å². The summed E-state index contributed by atoms with van der Waals surface area (Å²) in [7, 11) is 0. The average Bonchev–Trinajstić information content (AvgIpc) is 2.63. The molecular weight excluding hydrogens is 262 g/mol. The van der Waals surface area contributed by atoms with Gasteiger partial charge in [0.1, 0.15) is 0 Å². The first-order chi connectivity index (χ1) is 8.80. The molecule has 102 valence electrons. The molecule has 0 saturated carbocycles. The largest absolute Gasteiger partial charge is 0.481 e. The van der Waals surface area contributed by atoms with Gasteiger partial charge in [-0.2, -0.15) is 0 Å². The normalized spacial score (nSPS) is 13.6. The number of benzene rings is 1. The lowest BCUT2D eigenvalue weighted by Gasteiger charge is -2.29. The van der Waals surface area contributed by atoms with Crippen molar-refractivity contribution in [1.29, 1.82) is 0 Å². The summed E-state index contributed by atoms with van der Waals surface area (Å²) >= 11 is 1.34. The van der Waals surface area contributed by atoms with Crippen LogP contribution in [0.5, 0.6) is 0 Å². The van der Waals surface area contributed by atoms with Gasteiger partial charge in [0.25, 0.3) is 5.56 Å². The van der Waals surface area contributed by atoms with Gasteiger partial charge in [-0.05, 0) is 17.5 Å². The Hall–Kier alpha value is -1.62. The van der Waals surface area contributed by atoms with Crippen LogP contribution in [0.2, 0.25) is 0 Å². The van der Waals surface area contributed by atoms with E-state index in [2.05, 4.69) is 0 Å². The Bertz CT molecular complexity index is 663. The van der Waals surface area contributed by atoms with Crippen molar-refractivity contribution in [1.82, 2.24) is 3.96 Å². The van der Waals surface area contributed by atoms with Crippen LogP contribution in [0.1, 0.15) is 33.2 Å². The quantitative estimate of drug-likeness (QED) is 0.939. The Kier molecular flexibility index (Phi) is 3.49. The van der Waals surface area contributed by atoms with E-state index in [1.807, 2.05) is 39.0 Å². The van der Waals surface area contributed by atoms with Gasteiger partial charge in [0.15, 0.2) is 0 Å². The van der Waals surface area contributed by atoms with Crippen molar-refractivity contribution in [2.45, 2.75) is 33.2 Å². The maximum absolute atomic E-state index is 12.4. The van der Waals surface area contributed by atoms with Gasteiger partial charge in [-0.3, -0.25) is 13.5 Å². The van der Waals surface area contributed by atoms with E-state index in [1.54, 1.807) is 10.0 Å². The fourth-order valence-corrected chi connectivity index (χ4v) is 3.40. The van der Waals surface area contributed by atoms with E-state index in [4.69, 9.17) is 5.11 Å². The minimum atomic E-state index is -0.885. The standard InChI is InChI=1S/C14H17NO3S/c1-14(2,3)11(8-12(16)17)15-13(18)9-6-4-5-7-10(9)19-15/h4-7,11H,8H2,1-3H3,(H,16,17). The third-order valence-corrected chi connectivity index (χ3v) is 4.33. The van der Waals surface area contributed by atoms with Crippen LogP contribution in [0.15, 0.2) is 29.1 Å². The molecule has 0 aliphatic heterocycles. The molecule has 4 nitrogen and oxygen atoms in total. The lowest BCUT2D eigenvalue weighted by Crippen LogP contribution is -2.31. The molecule has 0 spiro atoms. The molecule has 0 aliphatic carbocycles. The molecule has 1 heterocycles. The smallest absolute Gasteiger partial charge is 0.305 e. The molecule has 1 aromatic heterocycles. The Morgan fingerprint density at radius 3 is 2.53 bits per heavy atom. The summed E-state index contributed by atoms with van der Waals surface area (Å²) in [4.78, 5) is 23.4. The zero-order chi connectivity index (χ0) is 14.2. The number of aromatic nitrogens is 1. The van der Waals surface area contributed by atoms with E-state index < -0.39 is 5.97 Å². The van der Waals surface area contributed by atoms with Gasteiger partial charge in [0.05, 0.1) is 22.5 Å². The molecule has 0 aliphatic rings. The zero-order valence-corrected chi connectivity index (χ0v) is 12.0. The summed E-state index contributed by atoms with van der Waals surface area (Å²) < 4.78 is 2.51. The highest BCUT2D eigenvalue weighted by atomic mass is 32.1. The summed E-state index contributed by atoms with van der Waals surface area (Å²) in [5.74, 6) is -0.885. The van der Waals surface area contributed by atoms with E-state index in [1.165, 1.54) is 11.5 Å². The van der Waals surface area contributed by atoms with Crippen molar-refractivity contribution in [2.75, 3.05) is 0 Å². The lowest BCUT2D eigenvalue weighted by atomic mass is 9.85. The van der Waals surface area contributed by atoms with Gasteiger partial charge in [0.2, 0.25) is 0 Å². The second-order valence-corrected chi connectivity index (χ2v) is 6.71. The summed E-state index contributed by atoms with van der Waals surface area (Å²) in [6.07, 6.45) is -0.0454. The maximum Gasteiger partial charge on any atom is 0.305 e. The number of hydrogen-bond donors (Lipinski definition) is 1. The van der Waals surface area contributed by atoms with Crippen molar-refractivity contribution in [2.24, 2.45) is 5.41 Å². The molecular formula is C14H17NO3S. The second-order valence-electron chi connectivity index (χ2n) is 5.70. The fourth-order valence-electron chi connectivity index (χ4n) is 2.10. The predicted octanol–water partition coefficient (Wildman–Crippen LogP) is 3.12. The molecule has 1 atom stereocenters. The summed E-state index contributed by atoms with van der Waals surface area (Å²) in [6.45, 7) is 5.87. The summed E-state index contributed by atoms with van der Waals surface area (Å²) in [6, 6.07) is 7.04. The second kappa shape index (κ2) is 4.81. The third-order valence-electron chi connectivity index (χ3n) is 3.17. The summed E-state index contributed by atoms with van der Waals surface area (Å²) in [5, 5.41) is 9.72. The van der Waals surface area contributed by atoms with E-state index in [0.717, 1.165) is 4.70 Å².